The summed E-state index contributed by atoms with van der Waals surface area (Å²) in [5, 5.41) is 3.23. The van der Waals surface area contributed by atoms with Gasteiger partial charge >= 0.3 is 23.9 Å². The number of anilines is 4. The predicted molar refractivity (Wildman–Crippen MR) is 206 cm³/mol. The average molecular weight is 847 g/mol. The van der Waals surface area contributed by atoms with Gasteiger partial charge in [-0.25, -0.2) is 19.6 Å². The van der Waals surface area contributed by atoms with E-state index in [-0.39, 0.29) is 23.2 Å². The lowest BCUT2D eigenvalue weighted by molar-refractivity contribution is -0.134. The quantitative estimate of drug-likeness (QED) is 0.103. The standard InChI is InChI=1S/C20H18F3N3O3.C13H14F3N3O.C7H5ClO2/c21-20(22,23)10-8-17(27)15-6-7-16-18(24-15)26(13-9-11-25(16)12-13)19(28)29-14-4-2-1-3-5-14;14-13(15,16)5-3-11(20)9-1-2-10-12(18-9)17-8-4-6-19(10)7-8;8-7(9)10-6-4-2-1-3-5-6/h1-7,13H,8-12H2;1-2,8H,3-7H2,(H,17,18);1-5H/t13-;8-;/m00./s1. The molecule has 4 aromatic rings. The van der Waals surface area contributed by atoms with Crippen molar-refractivity contribution in [1.82, 2.24) is 9.97 Å². The third-order valence-corrected chi connectivity index (χ3v) is 9.70. The summed E-state index contributed by atoms with van der Waals surface area (Å²) >= 11 is 4.95. The van der Waals surface area contributed by atoms with Gasteiger partial charge < -0.3 is 24.6 Å². The number of pyridine rings is 2. The number of amides is 1. The highest BCUT2D eigenvalue weighted by Gasteiger charge is 2.42. The number of hydrogen-bond acceptors (Lipinski definition) is 11. The maximum Gasteiger partial charge on any atom is 0.421 e. The first-order valence-corrected chi connectivity index (χ1v) is 18.9. The van der Waals surface area contributed by atoms with Gasteiger partial charge in [0.25, 0.3) is 0 Å². The highest BCUT2D eigenvalue weighted by Crippen LogP contribution is 2.40. The number of ether oxygens (including phenoxy) is 2. The lowest BCUT2D eigenvalue weighted by Gasteiger charge is -2.35. The molecule has 0 unspecified atom stereocenters. The summed E-state index contributed by atoms with van der Waals surface area (Å²) in [6.07, 6.45) is -11.2. The van der Waals surface area contributed by atoms with E-state index in [0.29, 0.717) is 42.0 Å². The summed E-state index contributed by atoms with van der Waals surface area (Å²) in [7, 11) is 0. The minimum absolute atomic E-state index is 0.0898. The van der Waals surface area contributed by atoms with Crippen molar-refractivity contribution in [3.63, 3.8) is 0 Å². The van der Waals surface area contributed by atoms with Crippen molar-refractivity contribution in [2.45, 2.75) is 63.0 Å². The number of carbonyl (C=O) groups is 4. The molecule has 0 aliphatic carbocycles. The maximum atomic E-state index is 12.9. The molecule has 0 spiro atoms. The molecule has 19 heteroatoms. The molecule has 12 nitrogen and oxygen atoms in total. The third-order valence-electron chi connectivity index (χ3n) is 9.62. The van der Waals surface area contributed by atoms with Crippen molar-refractivity contribution in [3.05, 3.63) is 96.3 Å². The minimum Gasteiger partial charge on any atom is -0.415 e. The first-order valence-electron chi connectivity index (χ1n) is 18.5. The van der Waals surface area contributed by atoms with E-state index in [1.807, 2.05) is 11.0 Å². The zero-order valence-corrected chi connectivity index (χ0v) is 31.9. The van der Waals surface area contributed by atoms with Gasteiger partial charge in [0, 0.05) is 56.7 Å². The Labute approximate surface area is 339 Å². The van der Waals surface area contributed by atoms with Gasteiger partial charge in [-0.3, -0.25) is 14.5 Å². The lowest BCUT2D eigenvalue weighted by Crippen LogP contribution is -2.47. The lowest BCUT2D eigenvalue weighted by atomic mass is 10.1. The topological polar surface area (TPSA) is 134 Å². The Morgan fingerprint density at radius 2 is 1.20 bits per heavy atom. The van der Waals surface area contributed by atoms with Crippen molar-refractivity contribution in [2.75, 3.05) is 46.2 Å². The monoisotopic (exact) mass is 846 g/mol. The summed E-state index contributed by atoms with van der Waals surface area (Å²) in [5.74, 6) is 0.405. The second-order valence-electron chi connectivity index (χ2n) is 13.8. The molecule has 2 saturated heterocycles. The molecule has 2 fully saturated rings. The Hall–Kier alpha value is -5.91. The van der Waals surface area contributed by atoms with Crippen molar-refractivity contribution >= 4 is 57.7 Å². The zero-order chi connectivity index (χ0) is 42.3. The van der Waals surface area contributed by atoms with E-state index in [4.69, 9.17) is 16.3 Å². The number of fused-ring (bicyclic) bond motifs is 8. The number of rotatable bonds is 8. The van der Waals surface area contributed by atoms with Gasteiger partial charge in [-0.2, -0.15) is 26.3 Å². The third kappa shape index (κ3) is 11.6. The van der Waals surface area contributed by atoms with Crippen LogP contribution in [-0.4, -0.2) is 83.7 Å². The Morgan fingerprint density at radius 3 is 1.78 bits per heavy atom. The maximum absolute atomic E-state index is 12.9. The van der Waals surface area contributed by atoms with Gasteiger partial charge in [0.1, 0.15) is 22.9 Å². The van der Waals surface area contributed by atoms with Crippen LogP contribution in [-0.2, 0) is 0 Å². The molecule has 0 radical (unpaired) electrons. The number of nitrogens with zero attached hydrogens (tertiary/aromatic N) is 5. The fourth-order valence-electron chi connectivity index (χ4n) is 6.85. The van der Waals surface area contributed by atoms with Gasteiger partial charge in [0.05, 0.1) is 30.3 Å². The summed E-state index contributed by atoms with van der Waals surface area (Å²) < 4.78 is 83.7. The molecule has 1 N–H and O–H groups in total. The van der Waals surface area contributed by atoms with Gasteiger partial charge in [0.15, 0.2) is 23.2 Å². The molecule has 2 aromatic heterocycles. The molecular formula is C40H37ClF6N6O6. The van der Waals surface area contributed by atoms with Crippen LogP contribution in [0.25, 0.3) is 0 Å². The number of ketones is 2. The van der Waals surface area contributed by atoms with Crippen LogP contribution in [0.5, 0.6) is 11.5 Å². The number of aromatic nitrogens is 2. The Morgan fingerprint density at radius 1 is 0.678 bits per heavy atom. The second-order valence-corrected chi connectivity index (χ2v) is 14.2. The van der Waals surface area contributed by atoms with E-state index in [9.17, 15) is 45.5 Å². The van der Waals surface area contributed by atoms with Crippen LogP contribution in [0.2, 0.25) is 0 Å². The largest absolute Gasteiger partial charge is 0.421 e. The fourth-order valence-corrected chi connectivity index (χ4v) is 6.93. The molecule has 8 rings (SSSR count). The zero-order valence-electron chi connectivity index (χ0n) is 31.1. The molecular weight excluding hydrogens is 810 g/mol. The van der Waals surface area contributed by atoms with Crippen LogP contribution < -0.4 is 29.5 Å². The molecule has 1 amide bonds. The molecule has 0 saturated carbocycles. The molecule has 4 aliphatic rings. The molecule has 4 bridgehead atoms. The van der Waals surface area contributed by atoms with Crippen molar-refractivity contribution in [1.29, 1.82) is 0 Å². The number of alkyl halides is 6. The number of carbonyl (C=O) groups excluding carboxylic acids is 4. The van der Waals surface area contributed by atoms with E-state index in [0.717, 1.165) is 31.7 Å². The Bertz CT molecular complexity index is 2150. The van der Waals surface area contributed by atoms with Crippen LogP contribution in [0.15, 0.2) is 84.9 Å². The van der Waals surface area contributed by atoms with Gasteiger partial charge in [-0.15, -0.1) is 0 Å². The Kier molecular flexibility index (Phi) is 13.3. The van der Waals surface area contributed by atoms with Gasteiger partial charge in [0.2, 0.25) is 0 Å². The number of para-hydroxylation sites is 2. The first-order chi connectivity index (χ1) is 28.0. The van der Waals surface area contributed by atoms with E-state index in [1.165, 1.54) is 17.0 Å². The smallest absolute Gasteiger partial charge is 0.415 e. The first kappa shape index (κ1) is 42.7. The fraction of sp³-hybridized carbons (Fsp3) is 0.350. The number of nitrogens with one attached hydrogen (secondary N) is 1. The molecule has 2 aromatic carbocycles. The predicted octanol–water partition coefficient (Wildman–Crippen LogP) is 9.24. The van der Waals surface area contributed by atoms with E-state index in [2.05, 4.69) is 24.9 Å². The molecule has 6 heterocycles. The van der Waals surface area contributed by atoms with E-state index >= 15 is 0 Å². The number of halogens is 7. The van der Waals surface area contributed by atoms with Gasteiger partial charge in [-0.05, 0) is 61.4 Å². The summed E-state index contributed by atoms with van der Waals surface area (Å²) in [5.41, 5.74) is 0.782. The van der Waals surface area contributed by atoms with Crippen molar-refractivity contribution in [3.8, 4) is 11.5 Å². The van der Waals surface area contributed by atoms with Crippen LogP contribution in [0.3, 0.4) is 0 Å². The number of benzene rings is 2. The molecule has 59 heavy (non-hydrogen) atoms. The van der Waals surface area contributed by atoms with E-state index in [1.54, 1.807) is 66.7 Å². The highest BCUT2D eigenvalue weighted by molar-refractivity contribution is 6.61. The Balaban J connectivity index is 0.000000168. The summed E-state index contributed by atoms with van der Waals surface area (Å²) in [6.45, 7) is 3.18. The van der Waals surface area contributed by atoms with Crippen LogP contribution in [0.4, 0.5) is 58.9 Å². The SMILES string of the molecule is O=C(CCC(F)(F)F)c1ccc2c(n1)N(C(=O)Oc1ccccc1)[C@H]1CCN2C1.O=C(CCC(F)(F)F)c1ccc2c(n1)N[C@H]1CCN2C1.O=C(Cl)Oc1ccccc1. The van der Waals surface area contributed by atoms with Crippen LogP contribution in [0, 0.1) is 0 Å². The van der Waals surface area contributed by atoms with Crippen molar-refractivity contribution < 1.29 is 55.0 Å². The van der Waals surface area contributed by atoms with Crippen molar-refractivity contribution in [2.24, 2.45) is 0 Å². The minimum atomic E-state index is -4.42. The summed E-state index contributed by atoms with van der Waals surface area (Å²) in [6, 6.07) is 23.7. The van der Waals surface area contributed by atoms with Gasteiger partial charge in [-0.1, -0.05) is 36.4 Å². The second kappa shape index (κ2) is 18.3. The van der Waals surface area contributed by atoms with E-state index < -0.39 is 61.1 Å². The normalized spacial score (nSPS) is 17.2. The van der Waals surface area contributed by atoms with Crippen LogP contribution in [0.1, 0.15) is 59.5 Å². The average Bonchev–Trinajstić information content (AvgIpc) is 3.80. The number of hydrogen-bond donors (Lipinski definition) is 1. The molecule has 4 aliphatic heterocycles. The number of Topliss-reactive ketones (excluding diaryl/α,β-unsaturated/α-hetero) is 2. The summed E-state index contributed by atoms with van der Waals surface area (Å²) in [4.78, 5) is 61.1. The highest BCUT2D eigenvalue weighted by atomic mass is 35.5. The van der Waals surface area contributed by atoms with Crippen LogP contribution >= 0.6 is 11.6 Å². The molecule has 2 atom stereocenters. The molecule has 312 valence electrons.